The van der Waals surface area contributed by atoms with Crippen LogP contribution in [-0.4, -0.2) is 36.2 Å². The number of carbonyl (C=O) groups excluding carboxylic acids is 1. The van der Waals surface area contributed by atoms with E-state index >= 15 is 0 Å². The van der Waals surface area contributed by atoms with Crippen LogP contribution >= 0.6 is 0 Å². The van der Waals surface area contributed by atoms with Gasteiger partial charge in [0.2, 0.25) is 0 Å². The van der Waals surface area contributed by atoms with Gasteiger partial charge in [-0.15, -0.1) is 0 Å². The van der Waals surface area contributed by atoms with E-state index < -0.39 is 11.8 Å². The molecule has 90 valence electrons. The van der Waals surface area contributed by atoms with Crippen LogP contribution in [0, 0.1) is 0 Å². The SMILES string of the molecule is O=C(O)C(=O)c1ccc(OC2CCOC2)cc1. The molecule has 0 saturated carbocycles. The van der Waals surface area contributed by atoms with E-state index in [4.69, 9.17) is 14.6 Å². The molecule has 0 aromatic heterocycles. The molecule has 1 aliphatic rings. The number of carbonyl (C=O) groups is 2. The number of rotatable bonds is 4. The van der Waals surface area contributed by atoms with Gasteiger partial charge in [-0.1, -0.05) is 0 Å². The Kier molecular flexibility index (Phi) is 3.39. The lowest BCUT2D eigenvalue weighted by Gasteiger charge is -2.11. The average Bonchev–Trinajstić information content (AvgIpc) is 2.82. The first-order valence-electron chi connectivity index (χ1n) is 5.29. The fraction of sp³-hybridized carbons (Fsp3) is 0.333. The number of carboxylic acid groups (broad SMARTS) is 1. The molecule has 1 saturated heterocycles. The van der Waals surface area contributed by atoms with Crippen molar-refractivity contribution in [2.24, 2.45) is 0 Å². The molecule has 0 bridgehead atoms. The lowest BCUT2D eigenvalue weighted by atomic mass is 10.1. The number of hydrogen-bond donors (Lipinski definition) is 1. The summed E-state index contributed by atoms with van der Waals surface area (Å²) in [5.74, 6) is -1.76. The minimum atomic E-state index is -1.46. The lowest BCUT2D eigenvalue weighted by molar-refractivity contribution is -0.131. The highest BCUT2D eigenvalue weighted by Gasteiger charge is 2.18. The average molecular weight is 236 g/mol. The monoisotopic (exact) mass is 236 g/mol. The van der Waals surface area contributed by atoms with Gasteiger partial charge >= 0.3 is 5.97 Å². The Morgan fingerprint density at radius 1 is 1.29 bits per heavy atom. The fourth-order valence-corrected chi connectivity index (χ4v) is 1.61. The fourth-order valence-electron chi connectivity index (χ4n) is 1.61. The Morgan fingerprint density at radius 3 is 2.53 bits per heavy atom. The van der Waals surface area contributed by atoms with E-state index in [1.54, 1.807) is 12.1 Å². The number of hydrogen-bond acceptors (Lipinski definition) is 4. The van der Waals surface area contributed by atoms with Crippen LogP contribution in [-0.2, 0) is 9.53 Å². The third-order valence-electron chi connectivity index (χ3n) is 2.50. The summed E-state index contributed by atoms with van der Waals surface area (Å²) >= 11 is 0. The van der Waals surface area contributed by atoms with E-state index in [1.165, 1.54) is 12.1 Å². The molecule has 0 aliphatic carbocycles. The molecular weight excluding hydrogens is 224 g/mol. The summed E-state index contributed by atoms with van der Waals surface area (Å²) in [6.45, 7) is 1.26. The number of ether oxygens (including phenoxy) is 2. The predicted octanol–water partition coefficient (Wildman–Crippen LogP) is 1.12. The van der Waals surface area contributed by atoms with E-state index in [-0.39, 0.29) is 11.7 Å². The van der Waals surface area contributed by atoms with E-state index in [9.17, 15) is 9.59 Å². The second-order valence-electron chi connectivity index (χ2n) is 3.76. The molecule has 1 heterocycles. The van der Waals surface area contributed by atoms with Crippen LogP contribution in [0.1, 0.15) is 16.8 Å². The van der Waals surface area contributed by atoms with Crippen molar-refractivity contribution in [3.8, 4) is 5.75 Å². The Balaban J connectivity index is 2.02. The highest BCUT2D eigenvalue weighted by molar-refractivity contribution is 6.39. The Hall–Kier alpha value is -1.88. The minimum absolute atomic E-state index is 0.0380. The van der Waals surface area contributed by atoms with Crippen molar-refractivity contribution in [1.29, 1.82) is 0 Å². The highest BCUT2D eigenvalue weighted by Crippen LogP contribution is 2.17. The summed E-state index contributed by atoms with van der Waals surface area (Å²) in [6, 6.07) is 6.08. The molecule has 0 radical (unpaired) electrons. The van der Waals surface area contributed by atoms with Gasteiger partial charge in [0.05, 0.1) is 13.2 Å². The molecule has 1 atom stereocenters. The molecule has 0 spiro atoms. The van der Waals surface area contributed by atoms with Crippen molar-refractivity contribution in [3.05, 3.63) is 29.8 Å². The molecular formula is C12H12O5. The van der Waals surface area contributed by atoms with Crippen LogP contribution in [0.25, 0.3) is 0 Å². The van der Waals surface area contributed by atoms with Gasteiger partial charge in [0.1, 0.15) is 11.9 Å². The van der Waals surface area contributed by atoms with Gasteiger partial charge in [-0.2, -0.15) is 0 Å². The standard InChI is InChI=1S/C12H12O5/c13-11(12(14)15)8-1-3-9(4-2-8)17-10-5-6-16-7-10/h1-4,10H,5-7H2,(H,14,15). The summed E-state index contributed by atoms with van der Waals surface area (Å²) in [5, 5.41) is 8.54. The van der Waals surface area contributed by atoms with Gasteiger partial charge in [-0.25, -0.2) is 4.79 Å². The molecule has 5 nitrogen and oxygen atoms in total. The van der Waals surface area contributed by atoms with E-state index in [1.807, 2.05) is 0 Å². The van der Waals surface area contributed by atoms with Crippen molar-refractivity contribution >= 4 is 11.8 Å². The zero-order valence-electron chi connectivity index (χ0n) is 9.09. The molecule has 5 heteroatoms. The molecule has 1 fully saturated rings. The Labute approximate surface area is 98.0 Å². The second-order valence-corrected chi connectivity index (χ2v) is 3.76. The summed E-state index contributed by atoms with van der Waals surface area (Å²) in [4.78, 5) is 21.6. The van der Waals surface area contributed by atoms with Gasteiger partial charge < -0.3 is 14.6 Å². The van der Waals surface area contributed by atoms with Crippen LogP contribution < -0.4 is 4.74 Å². The van der Waals surface area contributed by atoms with Gasteiger partial charge in [0.25, 0.3) is 5.78 Å². The van der Waals surface area contributed by atoms with Gasteiger partial charge in [-0.05, 0) is 24.3 Å². The quantitative estimate of drug-likeness (QED) is 0.626. The molecule has 1 N–H and O–H groups in total. The highest BCUT2D eigenvalue weighted by atomic mass is 16.5. The zero-order valence-corrected chi connectivity index (χ0v) is 9.09. The van der Waals surface area contributed by atoms with Crippen LogP contribution in [0.3, 0.4) is 0 Å². The Morgan fingerprint density at radius 2 is 2.00 bits per heavy atom. The molecule has 1 unspecified atom stereocenters. The maximum atomic E-state index is 11.1. The molecule has 1 aromatic carbocycles. The summed E-state index contributed by atoms with van der Waals surface area (Å²) < 4.78 is 10.8. The van der Waals surface area contributed by atoms with Crippen molar-refractivity contribution in [3.63, 3.8) is 0 Å². The molecule has 0 amide bonds. The van der Waals surface area contributed by atoms with Crippen molar-refractivity contribution in [2.45, 2.75) is 12.5 Å². The summed E-state index contributed by atoms with van der Waals surface area (Å²) in [7, 11) is 0. The third kappa shape index (κ3) is 2.82. The second kappa shape index (κ2) is 4.97. The third-order valence-corrected chi connectivity index (χ3v) is 2.50. The summed E-state index contributed by atoms with van der Waals surface area (Å²) in [5.41, 5.74) is 0.146. The molecule has 1 aromatic rings. The van der Waals surface area contributed by atoms with E-state index in [2.05, 4.69) is 0 Å². The smallest absolute Gasteiger partial charge is 0.377 e. The number of benzene rings is 1. The van der Waals surface area contributed by atoms with E-state index in [0.717, 1.165) is 6.42 Å². The van der Waals surface area contributed by atoms with Crippen LogP contribution in [0.5, 0.6) is 5.75 Å². The Bertz CT molecular complexity index is 417. The van der Waals surface area contributed by atoms with Crippen molar-refractivity contribution < 1.29 is 24.2 Å². The van der Waals surface area contributed by atoms with Crippen LogP contribution in [0.4, 0.5) is 0 Å². The topological polar surface area (TPSA) is 72.8 Å². The van der Waals surface area contributed by atoms with E-state index in [0.29, 0.717) is 19.0 Å². The first-order valence-corrected chi connectivity index (χ1v) is 5.29. The summed E-state index contributed by atoms with van der Waals surface area (Å²) in [6.07, 6.45) is 0.881. The lowest BCUT2D eigenvalue weighted by Crippen LogP contribution is -2.16. The normalized spacial score (nSPS) is 18.9. The number of Topliss-reactive ketones (excluding diaryl/α,β-unsaturated/α-hetero) is 1. The molecule has 1 aliphatic heterocycles. The maximum Gasteiger partial charge on any atom is 0.377 e. The van der Waals surface area contributed by atoms with Gasteiger partial charge in [0, 0.05) is 12.0 Å². The van der Waals surface area contributed by atoms with Gasteiger partial charge in [-0.3, -0.25) is 4.79 Å². The number of carboxylic acids is 1. The molecule has 2 rings (SSSR count). The first-order chi connectivity index (χ1) is 8.16. The zero-order chi connectivity index (χ0) is 12.3. The van der Waals surface area contributed by atoms with Crippen molar-refractivity contribution in [2.75, 3.05) is 13.2 Å². The minimum Gasteiger partial charge on any atom is -0.488 e. The largest absolute Gasteiger partial charge is 0.488 e. The number of ketones is 1. The van der Waals surface area contributed by atoms with Gasteiger partial charge in [0.15, 0.2) is 0 Å². The first kappa shape index (κ1) is 11.6. The van der Waals surface area contributed by atoms with Crippen LogP contribution in [0.15, 0.2) is 24.3 Å². The van der Waals surface area contributed by atoms with Crippen LogP contribution in [0.2, 0.25) is 0 Å². The number of aliphatic carboxylic acids is 1. The van der Waals surface area contributed by atoms with Crippen molar-refractivity contribution in [1.82, 2.24) is 0 Å². The molecule has 17 heavy (non-hydrogen) atoms. The predicted molar refractivity (Wildman–Crippen MR) is 58.3 cm³/mol. The maximum absolute atomic E-state index is 11.1.